The Hall–Kier alpha value is -3.06. The molecule has 3 rings (SSSR count). The highest BCUT2D eigenvalue weighted by Crippen LogP contribution is 2.40. The minimum absolute atomic E-state index is 0.136. The van der Waals surface area contributed by atoms with Crippen LogP contribution >= 0.6 is 0 Å². The number of hydrogen-bond acceptors (Lipinski definition) is 5. The molecule has 1 saturated carbocycles. The first-order valence-corrected chi connectivity index (χ1v) is 11.0. The van der Waals surface area contributed by atoms with Gasteiger partial charge >= 0.3 is 6.09 Å². The third kappa shape index (κ3) is 5.79. The van der Waals surface area contributed by atoms with E-state index in [4.69, 9.17) is 14.6 Å². The summed E-state index contributed by atoms with van der Waals surface area (Å²) in [5.41, 5.74) is 1.43. The zero-order chi connectivity index (χ0) is 23.0. The van der Waals surface area contributed by atoms with Gasteiger partial charge < -0.3 is 25.2 Å². The fraction of sp³-hybridized carbons (Fsp3) is 0.440. The summed E-state index contributed by atoms with van der Waals surface area (Å²) in [4.78, 5) is 24.9. The molecule has 0 aromatic heterocycles. The average Bonchev–Trinajstić information content (AvgIpc) is 2.84. The summed E-state index contributed by atoms with van der Waals surface area (Å²) in [5.74, 6) is 0.368. The predicted octanol–water partition coefficient (Wildman–Crippen LogP) is 3.41. The van der Waals surface area contributed by atoms with Crippen LogP contribution in [0.3, 0.4) is 0 Å². The van der Waals surface area contributed by atoms with Crippen LogP contribution in [0, 0.1) is 0 Å². The van der Waals surface area contributed by atoms with Crippen molar-refractivity contribution < 1.29 is 24.2 Å². The lowest BCUT2D eigenvalue weighted by atomic mass is 9.68. The molecule has 0 heterocycles. The maximum Gasteiger partial charge on any atom is 0.407 e. The second-order valence-corrected chi connectivity index (χ2v) is 8.36. The number of carbonyl (C=O) groups excluding carboxylic acids is 2. The van der Waals surface area contributed by atoms with Crippen molar-refractivity contribution in [3.05, 3.63) is 65.7 Å². The summed E-state index contributed by atoms with van der Waals surface area (Å²) >= 11 is 0. The van der Waals surface area contributed by atoms with Gasteiger partial charge in [0.1, 0.15) is 11.9 Å². The molecule has 2 amide bonds. The molecule has 1 aliphatic rings. The van der Waals surface area contributed by atoms with Crippen LogP contribution in [-0.4, -0.2) is 49.5 Å². The van der Waals surface area contributed by atoms with Crippen LogP contribution in [-0.2, 0) is 10.2 Å². The van der Waals surface area contributed by atoms with Crippen LogP contribution in [0.2, 0.25) is 0 Å². The molecule has 1 fully saturated rings. The number of benzene rings is 2. The maximum absolute atomic E-state index is 12.9. The van der Waals surface area contributed by atoms with Gasteiger partial charge in [-0.05, 0) is 50.3 Å². The van der Waals surface area contributed by atoms with Gasteiger partial charge in [0.05, 0.1) is 25.3 Å². The Morgan fingerprint density at radius 1 is 1.09 bits per heavy atom. The predicted molar refractivity (Wildman–Crippen MR) is 122 cm³/mol. The highest BCUT2D eigenvalue weighted by Gasteiger charge is 2.38. The molecule has 0 saturated heterocycles. The number of rotatable bonds is 8. The van der Waals surface area contributed by atoms with Gasteiger partial charge in [0.25, 0.3) is 5.91 Å². The summed E-state index contributed by atoms with van der Waals surface area (Å²) in [6, 6.07) is 17.0. The van der Waals surface area contributed by atoms with Crippen molar-refractivity contribution in [1.29, 1.82) is 0 Å². The van der Waals surface area contributed by atoms with Crippen molar-refractivity contribution in [3.63, 3.8) is 0 Å². The lowest BCUT2D eigenvalue weighted by Gasteiger charge is -2.40. The van der Waals surface area contributed by atoms with Crippen molar-refractivity contribution in [2.24, 2.45) is 0 Å². The maximum atomic E-state index is 12.9. The van der Waals surface area contributed by atoms with E-state index in [1.807, 2.05) is 30.3 Å². The van der Waals surface area contributed by atoms with Crippen molar-refractivity contribution in [1.82, 2.24) is 10.6 Å². The van der Waals surface area contributed by atoms with E-state index in [9.17, 15) is 9.59 Å². The number of alkyl carbamates (subject to hydrolysis) is 1. The van der Waals surface area contributed by atoms with Crippen molar-refractivity contribution >= 4 is 12.0 Å². The molecule has 7 nitrogen and oxygen atoms in total. The molecule has 0 bridgehead atoms. The SMILES string of the molecule is COc1ccccc1C(=O)NCC1(c2ccccc2)CCC(OC(=O)N[C@H](C)CO)CC1. The smallest absolute Gasteiger partial charge is 0.407 e. The summed E-state index contributed by atoms with van der Waals surface area (Å²) < 4.78 is 10.9. The quantitative estimate of drug-likeness (QED) is 0.585. The summed E-state index contributed by atoms with van der Waals surface area (Å²) in [6.07, 6.45) is 2.24. The third-order valence-corrected chi connectivity index (χ3v) is 6.13. The molecule has 0 radical (unpaired) electrons. The van der Waals surface area contributed by atoms with E-state index in [0.717, 1.165) is 18.4 Å². The van der Waals surface area contributed by atoms with Crippen molar-refractivity contribution in [2.75, 3.05) is 20.3 Å². The zero-order valence-electron chi connectivity index (χ0n) is 18.7. The normalized spacial score (nSPS) is 21.3. The van der Waals surface area contributed by atoms with Crippen LogP contribution < -0.4 is 15.4 Å². The largest absolute Gasteiger partial charge is 0.496 e. The van der Waals surface area contributed by atoms with E-state index in [-0.39, 0.29) is 30.1 Å². The molecule has 7 heteroatoms. The number of aliphatic hydroxyl groups is 1. The van der Waals surface area contributed by atoms with Crippen molar-refractivity contribution in [3.8, 4) is 5.75 Å². The van der Waals surface area contributed by atoms with Crippen LogP contribution in [0.15, 0.2) is 54.6 Å². The first-order chi connectivity index (χ1) is 15.5. The molecule has 1 atom stereocenters. The topological polar surface area (TPSA) is 96.9 Å². The van der Waals surface area contributed by atoms with Crippen LogP contribution in [0.5, 0.6) is 5.75 Å². The van der Waals surface area contributed by atoms with Gasteiger partial charge in [-0.15, -0.1) is 0 Å². The van der Waals surface area contributed by atoms with Crippen LogP contribution in [0.25, 0.3) is 0 Å². The van der Waals surface area contributed by atoms with Crippen LogP contribution in [0.1, 0.15) is 48.5 Å². The molecule has 32 heavy (non-hydrogen) atoms. The van der Waals surface area contributed by atoms with Crippen LogP contribution in [0.4, 0.5) is 4.79 Å². The zero-order valence-corrected chi connectivity index (χ0v) is 18.7. The molecular formula is C25H32N2O5. The molecule has 0 unspecified atom stereocenters. The molecule has 1 aliphatic carbocycles. The first kappa shape index (κ1) is 23.6. The Labute approximate surface area is 189 Å². The number of nitrogens with one attached hydrogen (secondary N) is 2. The number of para-hydroxylation sites is 1. The summed E-state index contributed by atoms with van der Waals surface area (Å²) in [5, 5.41) is 14.8. The third-order valence-electron chi connectivity index (χ3n) is 6.13. The van der Waals surface area contributed by atoms with E-state index in [1.165, 1.54) is 0 Å². The lowest BCUT2D eigenvalue weighted by molar-refractivity contribution is 0.0533. The minimum Gasteiger partial charge on any atom is -0.496 e. The molecule has 0 aliphatic heterocycles. The van der Waals surface area contributed by atoms with E-state index in [2.05, 4.69) is 22.8 Å². The first-order valence-electron chi connectivity index (χ1n) is 11.0. The molecular weight excluding hydrogens is 408 g/mol. The second-order valence-electron chi connectivity index (χ2n) is 8.36. The second kappa shape index (κ2) is 11.0. The summed E-state index contributed by atoms with van der Waals surface area (Å²) in [7, 11) is 1.55. The van der Waals surface area contributed by atoms with Gasteiger partial charge in [0.2, 0.25) is 0 Å². The Morgan fingerprint density at radius 3 is 2.41 bits per heavy atom. The average molecular weight is 441 g/mol. The van der Waals surface area contributed by atoms with Gasteiger partial charge in [-0.2, -0.15) is 0 Å². The van der Waals surface area contributed by atoms with Crippen molar-refractivity contribution in [2.45, 2.75) is 50.2 Å². The van der Waals surface area contributed by atoms with Gasteiger partial charge in [-0.3, -0.25) is 4.79 Å². The van der Waals surface area contributed by atoms with Gasteiger partial charge in [0.15, 0.2) is 0 Å². The highest BCUT2D eigenvalue weighted by molar-refractivity contribution is 5.96. The van der Waals surface area contributed by atoms with E-state index < -0.39 is 6.09 Å². The standard InChI is InChI=1S/C25H32N2O5/c1-18(16-28)27-24(30)32-20-12-14-25(15-13-20,19-8-4-3-5-9-19)17-26-23(29)21-10-6-7-11-22(21)31-2/h3-11,18,20,28H,12-17H2,1-2H3,(H,26,29)(H,27,30)/t18-,20?,25?/m1/s1. The molecule has 3 N–H and O–H groups in total. The molecule has 2 aromatic carbocycles. The molecule has 2 aromatic rings. The van der Waals surface area contributed by atoms with Gasteiger partial charge in [-0.1, -0.05) is 42.5 Å². The monoisotopic (exact) mass is 440 g/mol. The van der Waals surface area contributed by atoms with E-state index in [1.54, 1.807) is 26.2 Å². The van der Waals surface area contributed by atoms with Gasteiger partial charge in [0, 0.05) is 12.0 Å². The Balaban J connectivity index is 1.68. The minimum atomic E-state index is -0.506. The Bertz CT molecular complexity index is 894. The lowest BCUT2D eigenvalue weighted by Crippen LogP contribution is -2.45. The Morgan fingerprint density at radius 2 is 1.75 bits per heavy atom. The Kier molecular flexibility index (Phi) is 8.11. The fourth-order valence-corrected chi connectivity index (χ4v) is 4.23. The number of aliphatic hydroxyl groups excluding tert-OH is 1. The molecule has 172 valence electrons. The van der Waals surface area contributed by atoms with Gasteiger partial charge in [-0.25, -0.2) is 4.79 Å². The molecule has 0 spiro atoms. The van der Waals surface area contributed by atoms with E-state index in [0.29, 0.717) is 30.7 Å². The highest BCUT2D eigenvalue weighted by atomic mass is 16.6. The number of hydrogen-bond donors (Lipinski definition) is 3. The number of ether oxygens (including phenoxy) is 2. The van der Waals surface area contributed by atoms with E-state index >= 15 is 0 Å². The number of carbonyl (C=O) groups is 2. The number of methoxy groups -OCH3 is 1. The fourth-order valence-electron chi connectivity index (χ4n) is 4.23. The number of amides is 2. The summed E-state index contributed by atoms with van der Waals surface area (Å²) in [6.45, 7) is 2.06.